The van der Waals surface area contributed by atoms with Crippen molar-refractivity contribution in [3.05, 3.63) is 35.9 Å². The van der Waals surface area contributed by atoms with Crippen molar-refractivity contribution in [2.45, 2.75) is 32.9 Å². The van der Waals surface area contributed by atoms with Gasteiger partial charge >= 0.3 is 0 Å². The van der Waals surface area contributed by atoms with Gasteiger partial charge in [-0.3, -0.25) is 0 Å². The molecule has 0 radical (unpaired) electrons. The molecule has 0 spiro atoms. The Hall–Kier alpha value is -1.14. The average Bonchev–Trinajstić information content (AvgIpc) is 2.83. The zero-order valence-electron chi connectivity index (χ0n) is 13.2. The molecule has 1 aliphatic heterocycles. The zero-order valence-corrected chi connectivity index (χ0v) is 14.8. The molecule has 1 aromatic rings. The van der Waals surface area contributed by atoms with Crippen molar-refractivity contribution in [1.82, 2.24) is 10.2 Å². The molecule has 0 bridgehead atoms. The third kappa shape index (κ3) is 4.95. The van der Waals surface area contributed by atoms with Crippen molar-refractivity contribution >= 4 is 27.2 Å². The molecule has 22 heavy (non-hydrogen) atoms. The number of rotatable bonds is 5. The lowest BCUT2D eigenvalue weighted by atomic mass is 10.1. The molecule has 122 valence electrons. The molecule has 4 nitrogen and oxygen atoms in total. The molecule has 0 aromatic heterocycles. The summed E-state index contributed by atoms with van der Waals surface area (Å²) < 4.78 is 23.5. The van der Waals surface area contributed by atoms with E-state index in [0.717, 1.165) is 12.1 Å². The van der Waals surface area contributed by atoms with Gasteiger partial charge in [0.1, 0.15) is 0 Å². The second kappa shape index (κ2) is 7.42. The maximum atomic E-state index is 11.7. The van der Waals surface area contributed by atoms with E-state index in [-0.39, 0.29) is 17.5 Å². The topological polar surface area (TPSA) is 49.4 Å². The molecule has 1 aliphatic rings. The fourth-order valence-electron chi connectivity index (χ4n) is 2.69. The lowest BCUT2D eigenvalue weighted by molar-refractivity contribution is 0.295. The second-order valence-electron chi connectivity index (χ2n) is 6.25. The van der Waals surface area contributed by atoms with Crippen LogP contribution in [0.3, 0.4) is 0 Å². The van der Waals surface area contributed by atoms with Gasteiger partial charge in [-0.15, -0.1) is 0 Å². The number of sulfone groups is 1. The first-order chi connectivity index (χ1) is 10.4. The summed E-state index contributed by atoms with van der Waals surface area (Å²) in [5.74, 6) is 0.917. The number of hydrogen-bond acceptors (Lipinski definition) is 3. The first-order valence-electron chi connectivity index (χ1n) is 7.66. The van der Waals surface area contributed by atoms with Crippen LogP contribution in [0, 0.1) is 5.92 Å². The largest absolute Gasteiger partial charge is 0.358 e. The van der Waals surface area contributed by atoms with Crippen LogP contribution in [0.25, 0.3) is 0 Å². The van der Waals surface area contributed by atoms with Crippen LogP contribution in [0.15, 0.2) is 30.3 Å². The highest BCUT2D eigenvalue weighted by molar-refractivity contribution is 7.91. The summed E-state index contributed by atoms with van der Waals surface area (Å²) in [6.45, 7) is 5.68. The van der Waals surface area contributed by atoms with Gasteiger partial charge in [-0.1, -0.05) is 44.2 Å². The molecule has 6 heteroatoms. The smallest absolute Gasteiger partial charge is 0.169 e. The Morgan fingerprint density at radius 3 is 2.59 bits per heavy atom. The Kier molecular flexibility index (Phi) is 5.81. The zero-order chi connectivity index (χ0) is 16.2. The van der Waals surface area contributed by atoms with E-state index < -0.39 is 9.84 Å². The molecule has 1 saturated heterocycles. The van der Waals surface area contributed by atoms with Crippen LogP contribution in [-0.2, 0) is 16.4 Å². The number of nitrogens with zero attached hydrogens (tertiary/aromatic N) is 1. The molecular formula is C16H24N2O2S2. The molecule has 1 fully saturated rings. The van der Waals surface area contributed by atoms with Crippen LogP contribution in [0.5, 0.6) is 0 Å². The fraction of sp³-hybridized carbons (Fsp3) is 0.562. The second-order valence-corrected chi connectivity index (χ2v) is 8.86. The van der Waals surface area contributed by atoms with Gasteiger partial charge in [0.15, 0.2) is 14.9 Å². The van der Waals surface area contributed by atoms with E-state index in [2.05, 4.69) is 24.1 Å². The van der Waals surface area contributed by atoms with E-state index in [1.54, 1.807) is 0 Å². The van der Waals surface area contributed by atoms with Gasteiger partial charge < -0.3 is 10.2 Å². The van der Waals surface area contributed by atoms with Crippen LogP contribution < -0.4 is 5.32 Å². The van der Waals surface area contributed by atoms with Crippen molar-refractivity contribution in [2.24, 2.45) is 5.92 Å². The summed E-state index contributed by atoms with van der Waals surface area (Å²) in [6, 6.07) is 10.1. The highest BCUT2D eigenvalue weighted by atomic mass is 32.2. The van der Waals surface area contributed by atoms with Crippen LogP contribution in [0.1, 0.15) is 25.8 Å². The third-order valence-corrected chi connectivity index (χ3v) is 5.89. The Bertz CT molecular complexity index is 600. The first-order valence-corrected chi connectivity index (χ1v) is 9.89. The standard InChI is InChI=1S/C16H24N2O2S2/c1-13(2)11-18(15-8-9-22(19,20)12-15)16(21)17-10-14-6-4-3-5-7-14/h3-7,13,15H,8-12H2,1-2H3,(H,17,21)/t15-/m0/s1. The van der Waals surface area contributed by atoms with E-state index >= 15 is 0 Å². The monoisotopic (exact) mass is 340 g/mol. The van der Waals surface area contributed by atoms with Crippen LogP contribution in [-0.4, -0.2) is 42.5 Å². The van der Waals surface area contributed by atoms with Gasteiger partial charge in [0.05, 0.1) is 11.5 Å². The van der Waals surface area contributed by atoms with Crippen molar-refractivity contribution in [3.8, 4) is 0 Å². The first kappa shape index (κ1) is 17.2. The Morgan fingerprint density at radius 2 is 2.05 bits per heavy atom. The number of nitrogens with one attached hydrogen (secondary N) is 1. The van der Waals surface area contributed by atoms with E-state index in [9.17, 15) is 8.42 Å². The molecule has 1 heterocycles. The van der Waals surface area contributed by atoms with E-state index in [4.69, 9.17) is 12.2 Å². The minimum absolute atomic E-state index is 0.00294. The highest BCUT2D eigenvalue weighted by Crippen LogP contribution is 2.19. The van der Waals surface area contributed by atoms with Crippen molar-refractivity contribution < 1.29 is 8.42 Å². The lowest BCUT2D eigenvalue weighted by Crippen LogP contribution is -2.48. The van der Waals surface area contributed by atoms with Crippen LogP contribution in [0.2, 0.25) is 0 Å². The quantitative estimate of drug-likeness (QED) is 0.833. The average molecular weight is 341 g/mol. The lowest BCUT2D eigenvalue weighted by Gasteiger charge is -2.32. The SMILES string of the molecule is CC(C)CN(C(=S)NCc1ccccc1)[C@H]1CCS(=O)(=O)C1. The minimum atomic E-state index is -2.91. The van der Waals surface area contributed by atoms with Crippen LogP contribution in [0.4, 0.5) is 0 Å². The van der Waals surface area contributed by atoms with Gasteiger partial charge in [-0.25, -0.2) is 8.42 Å². The maximum Gasteiger partial charge on any atom is 0.169 e. The normalized spacial score (nSPS) is 20.0. The van der Waals surface area contributed by atoms with Gasteiger partial charge in [-0.05, 0) is 30.1 Å². The van der Waals surface area contributed by atoms with E-state index in [1.165, 1.54) is 0 Å². The van der Waals surface area contributed by atoms with Gasteiger partial charge in [0.2, 0.25) is 0 Å². The van der Waals surface area contributed by atoms with E-state index in [0.29, 0.717) is 24.0 Å². The van der Waals surface area contributed by atoms with Crippen molar-refractivity contribution in [3.63, 3.8) is 0 Å². The molecule has 2 rings (SSSR count). The number of benzene rings is 1. The summed E-state index contributed by atoms with van der Waals surface area (Å²) in [7, 11) is -2.91. The summed E-state index contributed by atoms with van der Waals surface area (Å²) in [5, 5.41) is 3.92. The molecular weight excluding hydrogens is 316 g/mol. The molecule has 0 aliphatic carbocycles. The minimum Gasteiger partial charge on any atom is -0.358 e. The Balaban J connectivity index is 2.00. The molecule has 1 N–H and O–H groups in total. The highest BCUT2D eigenvalue weighted by Gasteiger charge is 2.33. The predicted octanol–water partition coefficient (Wildman–Crippen LogP) is 2.21. The predicted molar refractivity (Wildman–Crippen MR) is 94.5 cm³/mol. The van der Waals surface area contributed by atoms with E-state index in [1.807, 2.05) is 30.3 Å². The van der Waals surface area contributed by atoms with Gasteiger partial charge in [0.25, 0.3) is 0 Å². The third-order valence-electron chi connectivity index (χ3n) is 3.76. The van der Waals surface area contributed by atoms with Gasteiger partial charge in [0, 0.05) is 19.1 Å². The summed E-state index contributed by atoms with van der Waals surface area (Å²) >= 11 is 5.52. The number of hydrogen-bond donors (Lipinski definition) is 1. The van der Waals surface area contributed by atoms with Crippen molar-refractivity contribution in [1.29, 1.82) is 0 Å². The Morgan fingerprint density at radius 1 is 1.36 bits per heavy atom. The maximum absolute atomic E-state index is 11.7. The molecule has 0 unspecified atom stereocenters. The molecule has 1 aromatic carbocycles. The Labute approximate surface area is 138 Å². The van der Waals surface area contributed by atoms with Crippen LogP contribution >= 0.6 is 12.2 Å². The fourth-order valence-corrected chi connectivity index (χ4v) is 4.71. The molecule has 1 atom stereocenters. The van der Waals surface area contributed by atoms with Crippen molar-refractivity contribution in [2.75, 3.05) is 18.1 Å². The number of thiocarbonyl (C=S) groups is 1. The summed E-state index contributed by atoms with van der Waals surface area (Å²) in [4.78, 5) is 2.06. The van der Waals surface area contributed by atoms with Gasteiger partial charge in [-0.2, -0.15) is 0 Å². The molecule has 0 saturated carbocycles. The summed E-state index contributed by atoms with van der Waals surface area (Å²) in [6.07, 6.45) is 0.669. The molecule has 0 amide bonds. The summed E-state index contributed by atoms with van der Waals surface area (Å²) in [5.41, 5.74) is 1.16.